The number of para-hydroxylation sites is 1. The molecule has 0 spiro atoms. The van der Waals surface area contributed by atoms with E-state index in [9.17, 15) is 0 Å². The largest absolute Gasteiger partial charge is 0.354 e. The summed E-state index contributed by atoms with van der Waals surface area (Å²) in [5, 5.41) is 5.03. The third-order valence-corrected chi connectivity index (χ3v) is 12.4. The Morgan fingerprint density at radius 3 is 2.27 bits per heavy atom. The number of nitrogens with one attached hydrogen (secondary N) is 1. The predicted octanol–water partition coefficient (Wildman–Crippen LogP) is 14.9. The van der Waals surface area contributed by atoms with Crippen molar-refractivity contribution in [3.8, 4) is 11.1 Å². The second-order valence-electron chi connectivity index (χ2n) is 16.8. The molecule has 1 aliphatic carbocycles. The summed E-state index contributed by atoms with van der Waals surface area (Å²) in [6, 6.07) is 57.6. The van der Waals surface area contributed by atoms with Gasteiger partial charge in [-0.25, -0.2) is 0 Å². The number of rotatable bonds is 10. The molecule has 292 valence electrons. The van der Waals surface area contributed by atoms with E-state index >= 15 is 0 Å². The minimum atomic E-state index is 0.454. The Hall–Kier alpha value is -6.64. The average Bonchev–Trinajstić information content (AvgIpc) is 3.68. The number of hydrogen-bond donors (Lipinski definition) is 1. The maximum absolute atomic E-state index is 4.87. The predicted molar refractivity (Wildman–Crippen MR) is 263 cm³/mol. The first-order chi connectivity index (χ1) is 29.4. The number of fused-ring (bicyclic) bond motifs is 6. The van der Waals surface area contributed by atoms with Gasteiger partial charge in [-0.05, 0) is 121 Å². The molecule has 1 N–H and O–H groups in total. The van der Waals surface area contributed by atoms with Crippen molar-refractivity contribution in [2.45, 2.75) is 52.4 Å². The number of benzene rings is 7. The highest BCUT2D eigenvalue weighted by Gasteiger charge is 2.24. The van der Waals surface area contributed by atoms with E-state index in [4.69, 9.17) is 6.58 Å². The van der Waals surface area contributed by atoms with Crippen molar-refractivity contribution in [1.29, 1.82) is 0 Å². The molecule has 9 rings (SSSR count). The van der Waals surface area contributed by atoms with Gasteiger partial charge in [-0.2, -0.15) is 0 Å². The van der Waals surface area contributed by atoms with Crippen molar-refractivity contribution >= 4 is 62.5 Å². The molecule has 60 heavy (non-hydrogen) atoms. The first-order valence-corrected chi connectivity index (χ1v) is 21.6. The molecule has 8 aromatic rings. The molecule has 0 radical (unpaired) electrons. The lowest BCUT2D eigenvalue weighted by Crippen LogP contribution is -2.17. The van der Waals surface area contributed by atoms with E-state index in [2.05, 4.69) is 215 Å². The SMILES string of the molecule is C=C(Bc1ccc(-c2ccccc2C(C)C)cc1)C(=C\C(=Cc1cccc2c1[nH]c1ccc3ccccc3c12)c1ccccc1)/C=C1\C(=C/CC)CC(C)c2ccccc21. The van der Waals surface area contributed by atoms with Gasteiger partial charge in [-0.1, -0.05) is 196 Å². The lowest BCUT2D eigenvalue weighted by molar-refractivity contribution is 0.744. The van der Waals surface area contributed by atoms with Gasteiger partial charge >= 0.3 is 0 Å². The van der Waals surface area contributed by atoms with Crippen molar-refractivity contribution in [2.24, 2.45) is 0 Å². The molecule has 1 atom stereocenters. The van der Waals surface area contributed by atoms with Crippen LogP contribution in [0.1, 0.15) is 80.2 Å². The molecule has 7 aromatic carbocycles. The molecule has 0 bridgehead atoms. The third-order valence-electron chi connectivity index (χ3n) is 12.4. The van der Waals surface area contributed by atoms with Crippen LogP contribution in [0.3, 0.4) is 0 Å². The summed E-state index contributed by atoms with van der Waals surface area (Å²) in [7, 11) is 0.735. The summed E-state index contributed by atoms with van der Waals surface area (Å²) >= 11 is 0. The highest BCUT2D eigenvalue weighted by molar-refractivity contribution is 6.62. The van der Waals surface area contributed by atoms with Crippen molar-refractivity contribution in [1.82, 2.24) is 4.98 Å². The van der Waals surface area contributed by atoms with E-state index in [1.54, 1.807) is 0 Å². The standard InChI is InChI=1S/C58H52BN/c1-6-17-44-34-39(4)50-23-13-15-26-53(50)55(44)37-46(40(5)59-48-31-28-43(29-32-48)51-24-14-12-22-49(51)38(2)3)36-47(41-18-8-7-9-19-41)35-45-21-16-27-54-57-52-25-11-10-20-42(52)30-33-56(57)60-58(45)54/h7-33,35-39,59-60H,5-6,34H2,1-4H3/b44-17-,46-36-,47-35?,55-37+. The van der Waals surface area contributed by atoms with Crippen LogP contribution in [0, 0.1) is 0 Å². The summed E-state index contributed by atoms with van der Waals surface area (Å²) in [6.07, 6.45) is 11.6. The van der Waals surface area contributed by atoms with Crippen LogP contribution >= 0.6 is 0 Å². The van der Waals surface area contributed by atoms with Gasteiger partial charge in [0.1, 0.15) is 0 Å². The normalized spacial score (nSPS) is 16.0. The number of aromatic amines is 1. The molecule has 1 aliphatic rings. The summed E-state index contributed by atoms with van der Waals surface area (Å²) in [6.45, 7) is 14.0. The molecule has 0 aliphatic heterocycles. The fourth-order valence-electron chi connectivity index (χ4n) is 9.33. The second-order valence-corrected chi connectivity index (χ2v) is 16.8. The van der Waals surface area contributed by atoms with Crippen molar-refractivity contribution in [3.63, 3.8) is 0 Å². The minimum Gasteiger partial charge on any atom is -0.354 e. The Morgan fingerprint density at radius 1 is 0.750 bits per heavy atom. The summed E-state index contributed by atoms with van der Waals surface area (Å²) in [5.41, 5.74) is 18.6. The first kappa shape index (κ1) is 38.9. The smallest absolute Gasteiger partial charge is 0.192 e. The summed E-state index contributed by atoms with van der Waals surface area (Å²) in [5.74, 6) is 0.913. The van der Waals surface area contributed by atoms with Gasteiger partial charge in [0.2, 0.25) is 0 Å². The fourth-order valence-corrected chi connectivity index (χ4v) is 9.33. The Balaban J connectivity index is 1.21. The lowest BCUT2D eigenvalue weighted by Gasteiger charge is -2.28. The van der Waals surface area contributed by atoms with Crippen LogP contribution in [0.5, 0.6) is 0 Å². The topological polar surface area (TPSA) is 15.8 Å². The van der Waals surface area contributed by atoms with Crippen molar-refractivity contribution < 1.29 is 0 Å². The monoisotopic (exact) mass is 773 g/mol. The summed E-state index contributed by atoms with van der Waals surface area (Å²) < 4.78 is 0. The van der Waals surface area contributed by atoms with E-state index in [0.717, 1.165) is 58.9 Å². The lowest BCUT2D eigenvalue weighted by atomic mass is 9.60. The fraction of sp³-hybridized carbons (Fsp3) is 0.138. The molecule has 0 fully saturated rings. The number of allylic oxidation sites excluding steroid dienone is 8. The zero-order chi connectivity index (χ0) is 41.2. The van der Waals surface area contributed by atoms with Crippen LogP contribution in [-0.2, 0) is 0 Å². The Labute approximate surface area is 356 Å². The van der Waals surface area contributed by atoms with Crippen LogP contribution in [0.25, 0.3) is 60.9 Å². The van der Waals surface area contributed by atoms with Crippen LogP contribution in [0.2, 0.25) is 0 Å². The second kappa shape index (κ2) is 16.9. The maximum atomic E-state index is 4.87. The third kappa shape index (κ3) is 7.67. The van der Waals surface area contributed by atoms with Crippen molar-refractivity contribution in [3.05, 3.63) is 227 Å². The van der Waals surface area contributed by atoms with Crippen LogP contribution in [0.4, 0.5) is 0 Å². The van der Waals surface area contributed by atoms with Gasteiger partial charge in [0.25, 0.3) is 0 Å². The quantitative estimate of drug-likeness (QED) is 0.0809. The van der Waals surface area contributed by atoms with Gasteiger partial charge in [0.05, 0.1) is 5.52 Å². The first-order valence-electron chi connectivity index (χ1n) is 21.6. The number of H-pyrrole nitrogens is 1. The molecule has 1 nitrogen and oxygen atoms in total. The van der Waals surface area contributed by atoms with Gasteiger partial charge < -0.3 is 4.98 Å². The molecule has 1 aromatic heterocycles. The zero-order valence-electron chi connectivity index (χ0n) is 35.3. The van der Waals surface area contributed by atoms with Crippen LogP contribution in [-0.4, -0.2) is 12.3 Å². The molecule has 1 heterocycles. The van der Waals surface area contributed by atoms with E-state index in [0.29, 0.717) is 11.8 Å². The average molecular weight is 774 g/mol. The van der Waals surface area contributed by atoms with Gasteiger partial charge in [-0.15, -0.1) is 6.58 Å². The molecule has 0 saturated heterocycles. The summed E-state index contributed by atoms with van der Waals surface area (Å²) in [4.78, 5) is 3.83. The Kier molecular flexibility index (Phi) is 11.0. The molecular formula is C58H52BN. The Morgan fingerprint density at radius 2 is 1.47 bits per heavy atom. The molecule has 0 amide bonds. The minimum absolute atomic E-state index is 0.454. The highest BCUT2D eigenvalue weighted by Crippen LogP contribution is 2.43. The maximum Gasteiger partial charge on any atom is 0.192 e. The van der Waals surface area contributed by atoms with Crippen molar-refractivity contribution in [2.75, 3.05) is 0 Å². The van der Waals surface area contributed by atoms with Crippen LogP contribution < -0.4 is 5.46 Å². The van der Waals surface area contributed by atoms with Gasteiger partial charge in [0, 0.05) is 16.3 Å². The van der Waals surface area contributed by atoms with E-state index in [1.165, 1.54) is 66.0 Å². The van der Waals surface area contributed by atoms with Gasteiger partial charge in [0.15, 0.2) is 7.28 Å². The number of hydrogen-bond acceptors (Lipinski definition) is 0. The molecule has 0 saturated carbocycles. The van der Waals surface area contributed by atoms with E-state index in [-0.39, 0.29) is 0 Å². The zero-order valence-corrected chi connectivity index (χ0v) is 35.3. The number of aromatic nitrogens is 1. The van der Waals surface area contributed by atoms with E-state index < -0.39 is 0 Å². The molecular weight excluding hydrogens is 721 g/mol. The molecule has 2 heteroatoms. The highest BCUT2D eigenvalue weighted by atomic mass is 14.7. The van der Waals surface area contributed by atoms with Gasteiger partial charge in [-0.3, -0.25) is 0 Å². The Bertz CT molecular complexity index is 3000. The molecule has 1 unspecified atom stereocenters. The van der Waals surface area contributed by atoms with E-state index in [1.807, 2.05) is 0 Å². The van der Waals surface area contributed by atoms with Crippen LogP contribution in [0.15, 0.2) is 199 Å².